The summed E-state index contributed by atoms with van der Waals surface area (Å²) in [7, 11) is 1.52. The van der Waals surface area contributed by atoms with Crippen molar-refractivity contribution in [3.05, 3.63) is 0 Å². The third-order valence-electron chi connectivity index (χ3n) is 1.99. The van der Waals surface area contributed by atoms with Gasteiger partial charge >= 0.3 is 6.01 Å². The summed E-state index contributed by atoms with van der Waals surface area (Å²) in [4.78, 5) is 12.5. The van der Waals surface area contributed by atoms with Crippen LogP contribution < -0.4 is 15.4 Å². The molecule has 0 unspecified atom stereocenters. The lowest BCUT2D eigenvalue weighted by atomic mass is 10.1. The molecule has 98 valence electrons. The Bertz CT molecular complexity index is 461. The average molecular weight is 249 g/mol. The number of anilines is 2. The molecule has 0 aromatic carbocycles. The van der Waals surface area contributed by atoms with Crippen LogP contribution in [0.2, 0.25) is 0 Å². The van der Waals surface area contributed by atoms with Crippen LogP contribution >= 0.6 is 0 Å². The van der Waals surface area contributed by atoms with Gasteiger partial charge in [0.1, 0.15) is 0 Å². The molecule has 0 radical (unpaired) electrons. The molecule has 0 saturated heterocycles. The average Bonchev–Trinajstić information content (AvgIpc) is 2.28. The van der Waals surface area contributed by atoms with E-state index in [4.69, 9.17) is 4.74 Å². The van der Waals surface area contributed by atoms with Gasteiger partial charge in [-0.1, -0.05) is 5.92 Å². The fraction of sp³-hybridized carbons (Fsp3) is 0.583. The van der Waals surface area contributed by atoms with Gasteiger partial charge in [-0.05, 0) is 27.7 Å². The van der Waals surface area contributed by atoms with E-state index in [2.05, 4.69) is 37.4 Å². The molecule has 0 aliphatic rings. The number of ether oxygens (including phenoxy) is 1. The molecule has 0 atom stereocenters. The van der Waals surface area contributed by atoms with Crippen molar-refractivity contribution in [1.82, 2.24) is 15.0 Å². The number of methoxy groups -OCH3 is 1. The Morgan fingerprint density at radius 1 is 1.22 bits per heavy atom. The Morgan fingerprint density at radius 3 is 2.44 bits per heavy atom. The summed E-state index contributed by atoms with van der Waals surface area (Å²) in [5.41, 5.74) is -0.412. The molecule has 0 bridgehead atoms. The molecule has 0 amide bonds. The third-order valence-corrected chi connectivity index (χ3v) is 1.99. The monoisotopic (exact) mass is 249 g/mol. The zero-order chi connectivity index (χ0) is 13.6. The number of hydrogen-bond acceptors (Lipinski definition) is 6. The van der Waals surface area contributed by atoms with Crippen LogP contribution in [0.3, 0.4) is 0 Å². The highest BCUT2D eigenvalue weighted by Crippen LogP contribution is 2.14. The second-order valence-corrected chi connectivity index (χ2v) is 4.12. The molecule has 1 aromatic rings. The van der Waals surface area contributed by atoms with Crippen molar-refractivity contribution in [3.8, 4) is 17.9 Å². The molecule has 1 aromatic heterocycles. The fourth-order valence-corrected chi connectivity index (χ4v) is 1.36. The van der Waals surface area contributed by atoms with Gasteiger partial charge in [-0.3, -0.25) is 0 Å². The van der Waals surface area contributed by atoms with E-state index >= 15 is 0 Å². The molecule has 0 aliphatic carbocycles. The minimum absolute atomic E-state index is 0.267. The van der Waals surface area contributed by atoms with Crippen molar-refractivity contribution >= 4 is 11.9 Å². The molecule has 0 aliphatic heterocycles. The van der Waals surface area contributed by atoms with E-state index in [0.717, 1.165) is 6.54 Å². The van der Waals surface area contributed by atoms with Gasteiger partial charge in [-0.25, -0.2) is 0 Å². The van der Waals surface area contributed by atoms with Crippen LogP contribution in [-0.2, 0) is 0 Å². The molecule has 0 saturated carbocycles. The van der Waals surface area contributed by atoms with Gasteiger partial charge in [-0.15, -0.1) is 5.92 Å². The SMILES string of the molecule is CC#CC(C)(C)Nc1nc(NCC)nc(OC)n1. The van der Waals surface area contributed by atoms with Crippen LogP contribution in [0, 0.1) is 11.8 Å². The maximum absolute atomic E-state index is 5.04. The summed E-state index contributed by atoms with van der Waals surface area (Å²) in [5, 5.41) is 6.16. The third kappa shape index (κ3) is 4.09. The molecule has 6 nitrogen and oxygen atoms in total. The summed E-state index contributed by atoms with van der Waals surface area (Å²) in [6.07, 6.45) is 0. The van der Waals surface area contributed by atoms with Gasteiger partial charge in [0.25, 0.3) is 0 Å². The number of nitrogens with zero attached hydrogens (tertiary/aromatic N) is 3. The fourth-order valence-electron chi connectivity index (χ4n) is 1.36. The normalized spacial score (nSPS) is 10.3. The first kappa shape index (κ1) is 14.0. The number of aromatic nitrogens is 3. The minimum atomic E-state index is -0.412. The summed E-state index contributed by atoms with van der Waals surface area (Å²) >= 11 is 0. The van der Waals surface area contributed by atoms with Gasteiger partial charge in [0.2, 0.25) is 11.9 Å². The molecule has 1 heterocycles. The van der Waals surface area contributed by atoms with Crippen molar-refractivity contribution < 1.29 is 4.74 Å². The van der Waals surface area contributed by atoms with Crippen LogP contribution in [0.1, 0.15) is 27.7 Å². The Kier molecular flexibility index (Phi) is 4.72. The number of hydrogen-bond donors (Lipinski definition) is 2. The Labute approximate surface area is 108 Å². The van der Waals surface area contributed by atoms with Crippen LogP contribution in [0.25, 0.3) is 0 Å². The maximum Gasteiger partial charge on any atom is 0.322 e. The van der Waals surface area contributed by atoms with E-state index in [0.29, 0.717) is 11.9 Å². The second kappa shape index (κ2) is 6.05. The van der Waals surface area contributed by atoms with Crippen LogP contribution in [0.5, 0.6) is 6.01 Å². The zero-order valence-corrected chi connectivity index (χ0v) is 11.5. The smallest absolute Gasteiger partial charge is 0.322 e. The molecule has 1 rings (SSSR count). The van der Waals surface area contributed by atoms with Gasteiger partial charge in [0.15, 0.2) is 0 Å². The highest BCUT2D eigenvalue weighted by atomic mass is 16.5. The summed E-state index contributed by atoms with van der Waals surface area (Å²) in [6.45, 7) is 8.39. The Hall–Kier alpha value is -2.03. The lowest BCUT2D eigenvalue weighted by Crippen LogP contribution is -2.30. The molecular weight excluding hydrogens is 230 g/mol. The first-order valence-electron chi connectivity index (χ1n) is 5.76. The standard InChI is InChI=1S/C12H19N5O/c1-6-8-12(3,4)17-10-14-9(13-7-2)15-11(16-10)18-5/h7H2,1-5H3,(H2,13,14,15,16,17). The van der Waals surface area contributed by atoms with E-state index in [9.17, 15) is 0 Å². The van der Waals surface area contributed by atoms with E-state index in [1.54, 1.807) is 6.92 Å². The van der Waals surface area contributed by atoms with Crippen molar-refractivity contribution in [2.45, 2.75) is 33.2 Å². The number of nitrogens with one attached hydrogen (secondary N) is 2. The minimum Gasteiger partial charge on any atom is -0.467 e. The Morgan fingerprint density at radius 2 is 1.89 bits per heavy atom. The van der Waals surface area contributed by atoms with Gasteiger partial charge in [-0.2, -0.15) is 15.0 Å². The molecule has 0 fully saturated rings. The first-order chi connectivity index (χ1) is 8.50. The van der Waals surface area contributed by atoms with Crippen molar-refractivity contribution in [2.24, 2.45) is 0 Å². The van der Waals surface area contributed by atoms with Crippen LogP contribution in [0.4, 0.5) is 11.9 Å². The maximum atomic E-state index is 5.04. The van der Waals surface area contributed by atoms with Gasteiger partial charge in [0.05, 0.1) is 12.6 Å². The predicted octanol–water partition coefficient (Wildman–Crippen LogP) is 1.53. The summed E-state index contributed by atoms with van der Waals surface area (Å²) in [5.74, 6) is 6.82. The molecule has 0 spiro atoms. The molecule has 6 heteroatoms. The zero-order valence-electron chi connectivity index (χ0n) is 11.5. The van der Waals surface area contributed by atoms with Crippen molar-refractivity contribution in [1.29, 1.82) is 0 Å². The molecule has 2 N–H and O–H groups in total. The predicted molar refractivity (Wildman–Crippen MR) is 71.7 cm³/mol. The van der Waals surface area contributed by atoms with Crippen LogP contribution in [0.15, 0.2) is 0 Å². The second-order valence-electron chi connectivity index (χ2n) is 4.12. The van der Waals surface area contributed by atoms with E-state index < -0.39 is 5.54 Å². The number of rotatable bonds is 5. The molecule has 18 heavy (non-hydrogen) atoms. The van der Waals surface area contributed by atoms with Crippen molar-refractivity contribution in [2.75, 3.05) is 24.3 Å². The quantitative estimate of drug-likeness (QED) is 0.771. The van der Waals surface area contributed by atoms with Gasteiger partial charge < -0.3 is 15.4 Å². The largest absolute Gasteiger partial charge is 0.467 e. The van der Waals surface area contributed by atoms with E-state index in [1.807, 2.05) is 20.8 Å². The highest BCUT2D eigenvalue weighted by molar-refractivity contribution is 5.40. The van der Waals surface area contributed by atoms with E-state index in [-0.39, 0.29) is 6.01 Å². The lowest BCUT2D eigenvalue weighted by molar-refractivity contribution is 0.379. The summed E-state index contributed by atoms with van der Waals surface area (Å²) in [6, 6.07) is 0.267. The van der Waals surface area contributed by atoms with E-state index in [1.165, 1.54) is 7.11 Å². The molecular formula is C12H19N5O. The topological polar surface area (TPSA) is 72.0 Å². The Balaban J connectivity index is 2.99. The lowest BCUT2D eigenvalue weighted by Gasteiger charge is -2.20. The van der Waals surface area contributed by atoms with Gasteiger partial charge in [0, 0.05) is 6.54 Å². The van der Waals surface area contributed by atoms with Crippen molar-refractivity contribution in [3.63, 3.8) is 0 Å². The highest BCUT2D eigenvalue weighted by Gasteiger charge is 2.16. The first-order valence-corrected chi connectivity index (χ1v) is 5.76. The van der Waals surface area contributed by atoms with Crippen LogP contribution in [-0.4, -0.2) is 34.1 Å². The summed E-state index contributed by atoms with van der Waals surface area (Å²) < 4.78 is 5.04.